The Bertz CT molecular complexity index is 590. The molecule has 3 N–H and O–H groups in total. The summed E-state index contributed by atoms with van der Waals surface area (Å²) in [5, 5.41) is 1.32. The van der Waals surface area contributed by atoms with Crippen molar-refractivity contribution in [1.29, 1.82) is 0 Å². The van der Waals surface area contributed by atoms with Gasteiger partial charge in [0.15, 0.2) is 0 Å². The van der Waals surface area contributed by atoms with Crippen LogP contribution < -0.4 is 16.0 Å². The van der Waals surface area contributed by atoms with E-state index in [4.69, 9.17) is 33.8 Å². The molecule has 0 aliphatic carbocycles. The maximum atomic E-state index is 6.20. The molecule has 0 saturated carbocycles. The number of ether oxygens (including phenoxy) is 1. The van der Waals surface area contributed by atoms with E-state index in [1.165, 1.54) is 0 Å². The molecule has 106 valence electrons. The third-order valence-electron chi connectivity index (χ3n) is 3.15. The van der Waals surface area contributed by atoms with Crippen molar-refractivity contribution in [2.75, 3.05) is 7.11 Å². The van der Waals surface area contributed by atoms with Gasteiger partial charge in [0.2, 0.25) is 0 Å². The van der Waals surface area contributed by atoms with Gasteiger partial charge in [0.1, 0.15) is 5.75 Å². The maximum Gasteiger partial charge on any atom is 0.123 e. The van der Waals surface area contributed by atoms with E-state index < -0.39 is 0 Å². The van der Waals surface area contributed by atoms with Crippen LogP contribution in [-0.2, 0) is 6.42 Å². The molecule has 0 aliphatic heterocycles. The molecular weight excluding hydrogens is 295 g/mol. The number of nitrogens with one attached hydrogen (secondary N) is 1. The second kappa shape index (κ2) is 6.95. The van der Waals surface area contributed by atoms with Gasteiger partial charge in [-0.25, -0.2) is 0 Å². The predicted molar refractivity (Wildman–Crippen MR) is 83.2 cm³/mol. The van der Waals surface area contributed by atoms with E-state index >= 15 is 0 Å². The van der Waals surface area contributed by atoms with Crippen LogP contribution in [0.15, 0.2) is 42.5 Å². The highest BCUT2D eigenvalue weighted by Gasteiger charge is 2.16. The highest BCUT2D eigenvalue weighted by Crippen LogP contribution is 2.30. The number of para-hydroxylation sites is 1. The smallest absolute Gasteiger partial charge is 0.123 e. The van der Waals surface area contributed by atoms with Gasteiger partial charge in [-0.15, -0.1) is 0 Å². The predicted octanol–water partition coefficient (Wildman–Crippen LogP) is 3.75. The van der Waals surface area contributed by atoms with Crippen molar-refractivity contribution in [3.8, 4) is 5.75 Å². The van der Waals surface area contributed by atoms with Gasteiger partial charge >= 0.3 is 0 Å². The van der Waals surface area contributed by atoms with Crippen molar-refractivity contribution < 1.29 is 4.74 Å². The number of hydrogen-bond donors (Lipinski definition) is 2. The van der Waals surface area contributed by atoms with Crippen LogP contribution in [0.3, 0.4) is 0 Å². The Hall–Kier alpha value is -1.26. The molecule has 2 rings (SSSR count). The molecule has 0 amide bonds. The zero-order valence-corrected chi connectivity index (χ0v) is 12.6. The lowest BCUT2D eigenvalue weighted by Crippen LogP contribution is -2.30. The number of methoxy groups -OCH3 is 1. The molecule has 2 aromatic rings. The lowest BCUT2D eigenvalue weighted by atomic mass is 9.98. The van der Waals surface area contributed by atoms with Crippen LogP contribution in [0.4, 0.5) is 0 Å². The molecule has 0 aliphatic rings. The maximum absolute atomic E-state index is 6.20. The Morgan fingerprint density at radius 1 is 1.20 bits per heavy atom. The quantitative estimate of drug-likeness (QED) is 0.653. The minimum atomic E-state index is -0.109. The summed E-state index contributed by atoms with van der Waals surface area (Å²) in [6.07, 6.45) is 0.621. The summed E-state index contributed by atoms with van der Waals surface area (Å²) < 4.78 is 5.37. The third-order valence-corrected chi connectivity index (χ3v) is 3.75. The van der Waals surface area contributed by atoms with Crippen molar-refractivity contribution in [3.63, 3.8) is 0 Å². The molecule has 5 heteroatoms. The van der Waals surface area contributed by atoms with Crippen LogP contribution in [0.1, 0.15) is 17.2 Å². The topological polar surface area (TPSA) is 47.3 Å². The van der Waals surface area contributed by atoms with E-state index in [1.54, 1.807) is 19.2 Å². The van der Waals surface area contributed by atoms with E-state index in [0.29, 0.717) is 16.5 Å². The van der Waals surface area contributed by atoms with Gasteiger partial charge in [-0.2, -0.15) is 0 Å². The van der Waals surface area contributed by atoms with Crippen molar-refractivity contribution in [1.82, 2.24) is 5.43 Å². The van der Waals surface area contributed by atoms with Gasteiger partial charge in [0, 0.05) is 15.6 Å². The summed E-state index contributed by atoms with van der Waals surface area (Å²) in [4.78, 5) is 0. The molecular formula is C15H16Cl2N2O. The Balaban J connectivity index is 2.31. The molecule has 20 heavy (non-hydrogen) atoms. The first kappa shape index (κ1) is 15.1. The summed E-state index contributed by atoms with van der Waals surface area (Å²) in [6.45, 7) is 0. The van der Waals surface area contributed by atoms with Crippen molar-refractivity contribution in [3.05, 3.63) is 63.6 Å². The number of rotatable bonds is 5. The molecule has 0 radical (unpaired) electrons. The first-order chi connectivity index (χ1) is 9.65. The lowest BCUT2D eigenvalue weighted by Gasteiger charge is -2.19. The Labute approximate surface area is 128 Å². The minimum Gasteiger partial charge on any atom is -0.496 e. The normalized spacial score (nSPS) is 12.2. The van der Waals surface area contributed by atoms with Crippen LogP contribution in [0.2, 0.25) is 10.0 Å². The Morgan fingerprint density at radius 2 is 1.95 bits per heavy atom. The number of hydrogen-bond acceptors (Lipinski definition) is 3. The van der Waals surface area contributed by atoms with Crippen LogP contribution >= 0.6 is 23.2 Å². The molecule has 0 fully saturated rings. The van der Waals surface area contributed by atoms with Crippen molar-refractivity contribution in [2.24, 2.45) is 5.84 Å². The molecule has 1 atom stereocenters. The second-order valence-electron chi connectivity index (χ2n) is 4.40. The first-order valence-electron chi connectivity index (χ1n) is 6.18. The number of nitrogens with two attached hydrogens (primary N) is 1. The highest BCUT2D eigenvalue weighted by atomic mass is 35.5. The summed E-state index contributed by atoms with van der Waals surface area (Å²) >= 11 is 12.2. The minimum absolute atomic E-state index is 0.109. The van der Waals surface area contributed by atoms with Crippen LogP contribution in [0, 0.1) is 0 Å². The van der Waals surface area contributed by atoms with E-state index in [1.807, 2.05) is 30.3 Å². The fourth-order valence-electron chi connectivity index (χ4n) is 2.13. The molecule has 3 nitrogen and oxygen atoms in total. The third kappa shape index (κ3) is 3.44. The van der Waals surface area contributed by atoms with Crippen LogP contribution in [-0.4, -0.2) is 7.11 Å². The second-order valence-corrected chi connectivity index (χ2v) is 5.24. The van der Waals surface area contributed by atoms with Crippen LogP contribution in [0.25, 0.3) is 0 Å². The van der Waals surface area contributed by atoms with Crippen molar-refractivity contribution >= 4 is 23.2 Å². The van der Waals surface area contributed by atoms with Gasteiger partial charge in [0.25, 0.3) is 0 Å². The Morgan fingerprint density at radius 3 is 2.65 bits per heavy atom. The molecule has 0 heterocycles. The van der Waals surface area contributed by atoms with Gasteiger partial charge in [0.05, 0.1) is 13.2 Å². The summed E-state index contributed by atoms with van der Waals surface area (Å²) in [5.74, 6) is 6.47. The molecule has 1 unspecified atom stereocenters. The highest BCUT2D eigenvalue weighted by molar-refractivity contribution is 6.33. The van der Waals surface area contributed by atoms with Crippen molar-refractivity contribution in [2.45, 2.75) is 12.5 Å². The molecule has 0 bridgehead atoms. The van der Waals surface area contributed by atoms with Gasteiger partial charge in [-0.05, 0) is 36.2 Å². The standard InChI is InChI=1S/C15H16Cl2N2O/c1-20-15-5-3-2-4-12(15)14(19-18)9-10-8-11(16)6-7-13(10)17/h2-8,14,19H,9,18H2,1H3. The molecule has 0 saturated heterocycles. The van der Waals surface area contributed by atoms with Crippen LogP contribution in [0.5, 0.6) is 5.75 Å². The van der Waals surface area contributed by atoms with Gasteiger partial charge < -0.3 is 4.74 Å². The summed E-state index contributed by atoms with van der Waals surface area (Å²) in [5.41, 5.74) is 4.72. The summed E-state index contributed by atoms with van der Waals surface area (Å²) in [7, 11) is 1.64. The zero-order valence-electron chi connectivity index (χ0n) is 11.1. The number of hydrazine groups is 1. The SMILES string of the molecule is COc1ccccc1C(Cc1cc(Cl)ccc1Cl)NN. The Kier molecular flexibility index (Phi) is 5.26. The molecule has 0 aromatic heterocycles. The molecule has 0 spiro atoms. The summed E-state index contributed by atoms with van der Waals surface area (Å²) in [6, 6.07) is 13.0. The zero-order chi connectivity index (χ0) is 14.5. The van der Waals surface area contributed by atoms with E-state index in [9.17, 15) is 0 Å². The van der Waals surface area contributed by atoms with Gasteiger partial charge in [-0.1, -0.05) is 41.4 Å². The average Bonchev–Trinajstić information content (AvgIpc) is 2.48. The largest absolute Gasteiger partial charge is 0.496 e. The fraction of sp³-hybridized carbons (Fsp3) is 0.200. The van der Waals surface area contributed by atoms with E-state index in [0.717, 1.165) is 16.9 Å². The molecule has 2 aromatic carbocycles. The van der Waals surface area contributed by atoms with E-state index in [-0.39, 0.29) is 6.04 Å². The average molecular weight is 311 g/mol. The lowest BCUT2D eigenvalue weighted by molar-refractivity contribution is 0.399. The number of halogens is 2. The van der Waals surface area contributed by atoms with Gasteiger partial charge in [-0.3, -0.25) is 11.3 Å². The number of benzene rings is 2. The first-order valence-corrected chi connectivity index (χ1v) is 6.94. The monoisotopic (exact) mass is 310 g/mol. The fourth-order valence-corrected chi connectivity index (χ4v) is 2.52. The van der Waals surface area contributed by atoms with E-state index in [2.05, 4.69) is 5.43 Å².